The van der Waals surface area contributed by atoms with Crippen molar-refractivity contribution in [1.82, 2.24) is 0 Å². The molecule has 1 atom stereocenters. The smallest absolute Gasteiger partial charge is 0.0534 e. The van der Waals surface area contributed by atoms with Gasteiger partial charge in [0.2, 0.25) is 0 Å². The molecule has 0 aromatic carbocycles. The third kappa shape index (κ3) is 2.19. The second-order valence-corrected chi connectivity index (χ2v) is 2.63. The molecule has 0 radical (unpaired) electrons. The number of ether oxygens (including phenoxy) is 1. The standard InChI is InChI=1S/C8H14O/c1-3-4-9-6-8-5-7(8)2/h8H,2-6H2,1H3. The summed E-state index contributed by atoms with van der Waals surface area (Å²) >= 11 is 0. The Morgan fingerprint density at radius 3 is 2.89 bits per heavy atom. The SMILES string of the molecule is C=C1CC1COCCC. The molecule has 0 aliphatic heterocycles. The fraction of sp³-hybridized carbons (Fsp3) is 0.750. The van der Waals surface area contributed by atoms with E-state index in [-0.39, 0.29) is 0 Å². The van der Waals surface area contributed by atoms with Gasteiger partial charge in [0.05, 0.1) is 6.61 Å². The van der Waals surface area contributed by atoms with Crippen LogP contribution in [0.4, 0.5) is 0 Å². The summed E-state index contributed by atoms with van der Waals surface area (Å²) in [6, 6.07) is 0. The molecule has 0 aromatic rings. The van der Waals surface area contributed by atoms with Crippen LogP contribution in [0.5, 0.6) is 0 Å². The Kier molecular flexibility index (Phi) is 2.29. The minimum atomic E-state index is 0.705. The minimum absolute atomic E-state index is 0.705. The van der Waals surface area contributed by atoms with E-state index in [2.05, 4.69) is 13.5 Å². The first-order chi connectivity index (χ1) is 4.34. The van der Waals surface area contributed by atoms with Crippen LogP contribution in [0, 0.1) is 5.92 Å². The van der Waals surface area contributed by atoms with Gasteiger partial charge in [-0.2, -0.15) is 0 Å². The molecule has 1 fully saturated rings. The molecule has 0 aromatic heterocycles. The summed E-state index contributed by atoms with van der Waals surface area (Å²) in [6.45, 7) is 7.79. The lowest BCUT2D eigenvalue weighted by Gasteiger charge is -1.97. The third-order valence-corrected chi connectivity index (χ3v) is 1.59. The molecule has 1 heteroatoms. The predicted octanol–water partition coefficient (Wildman–Crippen LogP) is 1.99. The largest absolute Gasteiger partial charge is 0.381 e. The molecule has 52 valence electrons. The summed E-state index contributed by atoms with van der Waals surface area (Å²) in [7, 11) is 0. The van der Waals surface area contributed by atoms with Gasteiger partial charge in [0.25, 0.3) is 0 Å². The molecule has 0 saturated heterocycles. The maximum atomic E-state index is 5.32. The fourth-order valence-corrected chi connectivity index (χ4v) is 0.804. The first-order valence-electron chi connectivity index (χ1n) is 3.60. The van der Waals surface area contributed by atoms with Crippen LogP contribution in [0.3, 0.4) is 0 Å². The Labute approximate surface area is 56.7 Å². The van der Waals surface area contributed by atoms with Crippen LogP contribution < -0.4 is 0 Å². The molecular formula is C8H14O. The number of hydrogen-bond acceptors (Lipinski definition) is 1. The van der Waals surface area contributed by atoms with Gasteiger partial charge in [-0.3, -0.25) is 0 Å². The van der Waals surface area contributed by atoms with Crippen molar-refractivity contribution in [1.29, 1.82) is 0 Å². The molecule has 1 unspecified atom stereocenters. The molecule has 0 N–H and O–H groups in total. The molecular weight excluding hydrogens is 112 g/mol. The summed E-state index contributed by atoms with van der Waals surface area (Å²) < 4.78 is 5.32. The van der Waals surface area contributed by atoms with E-state index in [1.807, 2.05) is 0 Å². The van der Waals surface area contributed by atoms with Gasteiger partial charge in [0.1, 0.15) is 0 Å². The normalized spacial score (nSPS) is 24.6. The van der Waals surface area contributed by atoms with Crippen molar-refractivity contribution in [2.75, 3.05) is 13.2 Å². The Morgan fingerprint density at radius 1 is 1.78 bits per heavy atom. The van der Waals surface area contributed by atoms with E-state index >= 15 is 0 Å². The van der Waals surface area contributed by atoms with Crippen LogP contribution in [0.25, 0.3) is 0 Å². The first kappa shape index (κ1) is 6.81. The zero-order chi connectivity index (χ0) is 6.69. The third-order valence-electron chi connectivity index (χ3n) is 1.59. The fourth-order valence-electron chi connectivity index (χ4n) is 0.804. The molecule has 0 bridgehead atoms. The van der Waals surface area contributed by atoms with E-state index in [4.69, 9.17) is 4.74 Å². The summed E-state index contributed by atoms with van der Waals surface area (Å²) in [5, 5.41) is 0. The summed E-state index contributed by atoms with van der Waals surface area (Å²) in [5.74, 6) is 0.705. The molecule has 0 heterocycles. The lowest BCUT2D eigenvalue weighted by molar-refractivity contribution is 0.127. The molecule has 0 spiro atoms. The van der Waals surface area contributed by atoms with Crippen molar-refractivity contribution in [2.24, 2.45) is 5.92 Å². The summed E-state index contributed by atoms with van der Waals surface area (Å²) in [4.78, 5) is 0. The first-order valence-corrected chi connectivity index (χ1v) is 3.60. The van der Waals surface area contributed by atoms with Gasteiger partial charge < -0.3 is 4.74 Å². The Morgan fingerprint density at radius 2 is 2.44 bits per heavy atom. The zero-order valence-electron chi connectivity index (χ0n) is 6.02. The Balaban J connectivity index is 1.88. The minimum Gasteiger partial charge on any atom is -0.381 e. The van der Waals surface area contributed by atoms with Crippen LogP contribution in [0.2, 0.25) is 0 Å². The molecule has 1 aliphatic rings. The van der Waals surface area contributed by atoms with Crippen LogP contribution in [-0.4, -0.2) is 13.2 Å². The average Bonchev–Trinajstić information content (AvgIpc) is 2.48. The van der Waals surface area contributed by atoms with E-state index < -0.39 is 0 Å². The van der Waals surface area contributed by atoms with Gasteiger partial charge >= 0.3 is 0 Å². The van der Waals surface area contributed by atoms with Crippen molar-refractivity contribution >= 4 is 0 Å². The summed E-state index contributed by atoms with van der Waals surface area (Å²) in [6.07, 6.45) is 2.32. The van der Waals surface area contributed by atoms with E-state index in [0.717, 1.165) is 19.6 Å². The topological polar surface area (TPSA) is 9.23 Å². The lowest BCUT2D eigenvalue weighted by Crippen LogP contribution is -1.96. The van der Waals surface area contributed by atoms with Gasteiger partial charge in [-0.05, 0) is 12.8 Å². The zero-order valence-corrected chi connectivity index (χ0v) is 6.02. The molecule has 1 saturated carbocycles. The number of rotatable bonds is 4. The van der Waals surface area contributed by atoms with Crippen molar-refractivity contribution in [3.8, 4) is 0 Å². The van der Waals surface area contributed by atoms with E-state index in [9.17, 15) is 0 Å². The molecule has 1 aliphatic carbocycles. The highest BCUT2D eigenvalue weighted by Gasteiger charge is 2.26. The van der Waals surface area contributed by atoms with Gasteiger partial charge in [0.15, 0.2) is 0 Å². The lowest BCUT2D eigenvalue weighted by atomic mass is 10.4. The average molecular weight is 126 g/mol. The van der Waals surface area contributed by atoms with Gasteiger partial charge in [-0.15, -0.1) is 0 Å². The van der Waals surface area contributed by atoms with E-state index in [0.29, 0.717) is 5.92 Å². The van der Waals surface area contributed by atoms with Crippen molar-refractivity contribution in [2.45, 2.75) is 19.8 Å². The van der Waals surface area contributed by atoms with Gasteiger partial charge in [-0.1, -0.05) is 19.1 Å². The highest BCUT2D eigenvalue weighted by atomic mass is 16.5. The highest BCUT2D eigenvalue weighted by Crippen LogP contribution is 2.35. The van der Waals surface area contributed by atoms with Crippen LogP contribution in [0.15, 0.2) is 12.2 Å². The second kappa shape index (κ2) is 3.02. The highest BCUT2D eigenvalue weighted by molar-refractivity contribution is 5.18. The van der Waals surface area contributed by atoms with Crippen molar-refractivity contribution in [3.63, 3.8) is 0 Å². The Bertz CT molecular complexity index is 107. The predicted molar refractivity (Wildman–Crippen MR) is 38.4 cm³/mol. The van der Waals surface area contributed by atoms with Crippen molar-refractivity contribution < 1.29 is 4.74 Å². The Hall–Kier alpha value is -0.300. The molecule has 0 amide bonds. The monoisotopic (exact) mass is 126 g/mol. The quantitative estimate of drug-likeness (QED) is 0.413. The van der Waals surface area contributed by atoms with Crippen molar-refractivity contribution in [3.05, 3.63) is 12.2 Å². The van der Waals surface area contributed by atoms with E-state index in [1.54, 1.807) is 0 Å². The maximum absolute atomic E-state index is 5.32. The molecule has 1 rings (SSSR count). The van der Waals surface area contributed by atoms with Gasteiger partial charge in [0, 0.05) is 12.5 Å². The van der Waals surface area contributed by atoms with Crippen LogP contribution in [0.1, 0.15) is 19.8 Å². The second-order valence-electron chi connectivity index (χ2n) is 2.63. The van der Waals surface area contributed by atoms with E-state index in [1.165, 1.54) is 12.0 Å². The summed E-state index contributed by atoms with van der Waals surface area (Å²) in [5.41, 5.74) is 1.37. The van der Waals surface area contributed by atoms with Crippen LogP contribution >= 0.6 is 0 Å². The molecule has 1 nitrogen and oxygen atoms in total. The van der Waals surface area contributed by atoms with Gasteiger partial charge in [-0.25, -0.2) is 0 Å². The maximum Gasteiger partial charge on any atom is 0.0534 e. The van der Waals surface area contributed by atoms with Crippen LogP contribution in [-0.2, 0) is 4.74 Å². The molecule has 9 heavy (non-hydrogen) atoms. The number of hydrogen-bond donors (Lipinski definition) is 0.